The van der Waals surface area contributed by atoms with E-state index in [1.807, 2.05) is 6.08 Å². The molecule has 0 N–H and O–H groups in total. The third-order valence-corrected chi connectivity index (χ3v) is 11.6. The van der Waals surface area contributed by atoms with E-state index in [1.165, 1.54) is 135 Å². The molecule has 0 fully saturated rings. The summed E-state index contributed by atoms with van der Waals surface area (Å²) in [5.74, 6) is -1.06. The maximum Gasteiger partial charge on any atom is 0.306 e. The van der Waals surface area contributed by atoms with Gasteiger partial charge in [0.05, 0.1) is 0 Å². The van der Waals surface area contributed by atoms with E-state index >= 15 is 0 Å². The number of carbonyl (C=O) groups excluding carboxylic acids is 3. The number of ether oxygens (including phenoxy) is 3. The van der Waals surface area contributed by atoms with Crippen molar-refractivity contribution in [3.8, 4) is 0 Å². The fourth-order valence-corrected chi connectivity index (χ4v) is 7.38. The molecule has 1 atom stereocenters. The summed E-state index contributed by atoms with van der Waals surface area (Å²) in [6, 6.07) is 0. The van der Waals surface area contributed by atoms with Crippen LogP contribution in [-0.2, 0) is 28.6 Å². The van der Waals surface area contributed by atoms with Gasteiger partial charge in [-0.3, -0.25) is 14.4 Å². The number of esters is 3. The minimum Gasteiger partial charge on any atom is -0.462 e. The second-order valence-corrected chi connectivity index (χ2v) is 18.1. The summed E-state index contributed by atoms with van der Waals surface area (Å²) in [6.45, 7) is 6.50. The molecule has 6 nitrogen and oxygen atoms in total. The van der Waals surface area contributed by atoms with Crippen LogP contribution in [0.15, 0.2) is 97.2 Å². The van der Waals surface area contributed by atoms with Gasteiger partial charge in [0.15, 0.2) is 6.10 Å². The van der Waals surface area contributed by atoms with Crippen LogP contribution in [0.2, 0.25) is 0 Å². The Morgan fingerprint density at radius 1 is 0.299 bits per heavy atom. The molecule has 0 aromatic rings. The van der Waals surface area contributed by atoms with Gasteiger partial charge in [0, 0.05) is 19.3 Å². The third-order valence-electron chi connectivity index (χ3n) is 11.6. The summed E-state index contributed by atoms with van der Waals surface area (Å²) in [4.78, 5) is 38.0. The predicted molar refractivity (Wildman–Crippen MR) is 288 cm³/mol. The van der Waals surface area contributed by atoms with E-state index in [-0.39, 0.29) is 44.0 Å². The highest BCUT2D eigenvalue weighted by Crippen LogP contribution is 2.14. The molecule has 0 aliphatic carbocycles. The van der Waals surface area contributed by atoms with Crippen molar-refractivity contribution in [1.82, 2.24) is 0 Å². The van der Waals surface area contributed by atoms with E-state index in [1.54, 1.807) is 0 Å². The average molecular weight is 931 g/mol. The lowest BCUT2D eigenvalue weighted by atomic mass is 10.0. The van der Waals surface area contributed by atoms with E-state index < -0.39 is 6.10 Å². The lowest BCUT2D eigenvalue weighted by molar-refractivity contribution is -0.166. The molecule has 0 spiro atoms. The van der Waals surface area contributed by atoms with Crippen molar-refractivity contribution in [2.45, 2.75) is 258 Å². The zero-order valence-corrected chi connectivity index (χ0v) is 43.6. The molecule has 0 saturated carbocycles. The summed E-state index contributed by atoms with van der Waals surface area (Å²) in [5, 5.41) is 0. The summed E-state index contributed by atoms with van der Waals surface area (Å²) >= 11 is 0. The lowest BCUT2D eigenvalue weighted by Gasteiger charge is -2.18. The second-order valence-electron chi connectivity index (χ2n) is 18.1. The first kappa shape index (κ1) is 63.3. The number of hydrogen-bond acceptors (Lipinski definition) is 6. The molecule has 0 aromatic carbocycles. The van der Waals surface area contributed by atoms with Crippen LogP contribution in [0, 0.1) is 0 Å². The summed E-state index contributed by atoms with van der Waals surface area (Å²) in [7, 11) is 0. The monoisotopic (exact) mass is 931 g/mol. The molecular weight excluding hydrogens is 829 g/mol. The van der Waals surface area contributed by atoms with Crippen molar-refractivity contribution in [2.75, 3.05) is 13.2 Å². The van der Waals surface area contributed by atoms with Gasteiger partial charge in [0.1, 0.15) is 13.2 Å². The molecular formula is C61H102O6. The van der Waals surface area contributed by atoms with Crippen LogP contribution >= 0.6 is 0 Å². The molecule has 382 valence electrons. The maximum absolute atomic E-state index is 12.8. The number of hydrogen-bond donors (Lipinski definition) is 0. The molecule has 0 unspecified atom stereocenters. The van der Waals surface area contributed by atoms with Gasteiger partial charge in [-0.25, -0.2) is 0 Å². The van der Waals surface area contributed by atoms with Crippen LogP contribution in [0.4, 0.5) is 0 Å². The van der Waals surface area contributed by atoms with Gasteiger partial charge in [-0.15, -0.1) is 0 Å². The molecule has 0 aliphatic heterocycles. The summed E-state index contributed by atoms with van der Waals surface area (Å²) < 4.78 is 16.7. The zero-order chi connectivity index (χ0) is 48.6. The highest BCUT2D eigenvalue weighted by atomic mass is 16.6. The van der Waals surface area contributed by atoms with Gasteiger partial charge >= 0.3 is 17.9 Å². The first-order valence-corrected chi connectivity index (χ1v) is 27.7. The number of allylic oxidation sites excluding steroid dienone is 16. The molecule has 67 heavy (non-hydrogen) atoms. The zero-order valence-electron chi connectivity index (χ0n) is 43.6. The Morgan fingerprint density at radius 3 is 1.00 bits per heavy atom. The predicted octanol–water partition coefficient (Wildman–Crippen LogP) is 18.5. The standard InChI is InChI=1S/C61H102O6/c1-4-7-10-13-16-19-22-25-27-29-30-32-34-37-39-42-45-48-51-54-60(63)66-57-58(67-61(64)55-52-49-46-43-40-35-24-21-18-15-12-9-6-3)56-65-59(62)53-50-47-44-41-38-36-33-31-28-26-23-20-17-14-11-8-5-2/h16,19,25-28,30,32-33,36-37,39,41,44-45,48,58H,4-15,17-18,20-24,29,31,34-35,38,40,42-43,46-47,49-57H2,1-3H3/b19-16-,27-25-,28-26-,32-30-,36-33-,39-37-,44-41-,48-45-/t58-/m0/s1. The molecule has 0 heterocycles. The van der Waals surface area contributed by atoms with E-state index in [4.69, 9.17) is 14.2 Å². The number of carbonyl (C=O) groups is 3. The van der Waals surface area contributed by atoms with Crippen LogP contribution in [0.3, 0.4) is 0 Å². The Balaban J connectivity index is 4.55. The Labute approximate surface area is 413 Å². The SMILES string of the molecule is CCCCC/C=C\C/C=C\C/C=C\C/C=C\C/C=C\CCC(=O)OC[C@H](COC(=O)CCC/C=C\C/C=C\C/C=C\CCCCCCCC)OC(=O)CCCCCCCCCCCCCCC. The smallest absolute Gasteiger partial charge is 0.306 e. The van der Waals surface area contributed by atoms with E-state index in [0.717, 1.165) is 64.2 Å². The first-order chi connectivity index (χ1) is 33.0. The molecule has 0 radical (unpaired) electrons. The Kier molecular flexibility index (Phi) is 51.9. The molecule has 0 amide bonds. The second kappa shape index (κ2) is 54.9. The van der Waals surface area contributed by atoms with Gasteiger partial charge in [-0.1, -0.05) is 240 Å². The minimum absolute atomic E-state index is 0.126. The van der Waals surface area contributed by atoms with Crippen LogP contribution < -0.4 is 0 Å². The van der Waals surface area contributed by atoms with Crippen LogP contribution in [0.25, 0.3) is 0 Å². The van der Waals surface area contributed by atoms with Crippen LogP contribution in [-0.4, -0.2) is 37.2 Å². The van der Waals surface area contributed by atoms with Gasteiger partial charge in [-0.05, 0) is 89.9 Å². The number of rotatable bonds is 49. The van der Waals surface area contributed by atoms with Crippen molar-refractivity contribution < 1.29 is 28.6 Å². The Morgan fingerprint density at radius 2 is 0.582 bits per heavy atom. The maximum atomic E-state index is 12.8. The highest BCUT2D eigenvalue weighted by molar-refractivity contribution is 5.71. The number of unbranched alkanes of at least 4 members (excludes halogenated alkanes) is 22. The van der Waals surface area contributed by atoms with Crippen molar-refractivity contribution in [1.29, 1.82) is 0 Å². The lowest BCUT2D eigenvalue weighted by Crippen LogP contribution is -2.30. The molecule has 0 bridgehead atoms. The molecule has 0 aliphatic rings. The highest BCUT2D eigenvalue weighted by Gasteiger charge is 2.19. The van der Waals surface area contributed by atoms with Crippen molar-refractivity contribution in [3.63, 3.8) is 0 Å². The molecule has 6 heteroatoms. The van der Waals surface area contributed by atoms with Gasteiger partial charge < -0.3 is 14.2 Å². The molecule has 0 saturated heterocycles. The Hall–Kier alpha value is -3.67. The normalized spacial score (nSPS) is 12.8. The molecule has 0 aromatic heterocycles. The van der Waals surface area contributed by atoms with Crippen molar-refractivity contribution in [3.05, 3.63) is 97.2 Å². The third kappa shape index (κ3) is 53.2. The quantitative estimate of drug-likeness (QED) is 0.0262. The van der Waals surface area contributed by atoms with Crippen molar-refractivity contribution in [2.24, 2.45) is 0 Å². The fourth-order valence-electron chi connectivity index (χ4n) is 7.38. The van der Waals surface area contributed by atoms with Gasteiger partial charge in [0.2, 0.25) is 0 Å². The van der Waals surface area contributed by atoms with Gasteiger partial charge in [-0.2, -0.15) is 0 Å². The Bertz CT molecular complexity index is 1350. The van der Waals surface area contributed by atoms with E-state index in [0.29, 0.717) is 19.3 Å². The van der Waals surface area contributed by atoms with Crippen molar-refractivity contribution >= 4 is 17.9 Å². The average Bonchev–Trinajstić information content (AvgIpc) is 3.33. The topological polar surface area (TPSA) is 78.9 Å². The van der Waals surface area contributed by atoms with Crippen LogP contribution in [0.5, 0.6) is 0 Å². The minimum atomic E-state index is -0.826. The van der Waals surface area contributed by atoms with E-state index in [2.05, 4.69) is 112 Å². The molecule has 0 rings (SSSR count). The summed E-state index contributed by atoms with van der Waals surface area (Å²) in [6.07, 6.45) is 72.7. The van der Waals surface area contributed by atoms with E-state index in [9.17, 15) is 14.4 Å². The fraction of sp³-hybridized carbons (Fsp3) is 0.689. The first-order valence-electron chi connectivity index (χ1n) is 27.7. The van der Waals surface area contributed by atoms with Crippen LogP contribution in [0.1, 0.15) is 252 Å². The summed E-state index contributed by atoms with van der Waals surface area (Å²) in [5.41, 5.74) is 0. The van der Waals surface area contributed by atoms with Gasteiger partial charge in [0.25, 0.3) is 0 Å². The largest absolute Gasteiger partial charge is 0.462 e.